The molecule has 386 valence electrons. The zero-order valence-electron chi connectivity index (χ0n) is 42.5. The van der Waals surface area contributed by atoms with E-state index in [0.29, 0.717) is 80.8 Å². The Kier molecular flexibility index (Phi) is 15.7. The first-order valence-corrected chi connectivity index (χ1v) is 25.1. The maximum absolute atomic E-state index is 16.6. The van der Waals surface area contributed by atoms with E-state index in [4.69, 9.17) is 24.2 Å². The van der Waals surface area contributed by atoms with Crippen LogP contribution in [0.25, 0.3) is 22.1 Å². The number of carbonyl (C=O) groups excluding carboxylic acids is 5. The van der Waals surface area contributed by atoms with Gasteiger partial charge in [0.2, 0.25) is 11.9 Å². The van der Waals surface area contributed by atoms with Crippen molar-refractivity contribution in [1.82, 2.24) is 40.4 Å². The quantitative estimate of drug-likeness (QED) is 0.0734. The number of piperazine rings is 1. The van der Waals surface area contributed by atoms with Crippen molar-refractivity contribution in [2.24, 2.45) is 11.8 Å². The molecule has 19 nitrogen and oxygen atoms in total. The molecule has 3 fully saturated rings. The number of fused-ring (bicyclic) bond motifs is 2. The molecule has 5 heterocycles. The first-order chi connectivity index (χ1) is 34.6. The van der Waals surface area contributed by atoms with E-state index >= 15 is 4.39 Å². The van der Waals surface area contributed by atoms with Gasteiger partial charge in [-0.2, -0.15) is 0 Å². The van der Waals surface area contributed by atoms with E-state index in [2.05, 4.69) is 43.7 Å². The van der Waals surface area contributed by atoms with Gasteiger partial charge in [-0.15, -0.1) is 0 Å². The van der Waals surface area contributed by atoms with Crippen LogP contribution in [0.15, 0.2) is 54.6 Å². The molecule has 0 aliphatic carbocycles. The van der Waals surface area contributed by atoms with Gasteiger partial charge in [0.25, 0.3) is 5.91 Å². The van der Waals surface area contributed by atoms with Crippen LogP contribution in [0.1, 0.15) is 108 Å². The van der Waals surface area contributed by atoms with Crippen LogP contribution in [0.4, 0.5) is 36.1 Å². The number of amides is 5. The summed E-state index contributed by atoms with van der Waals surface area (Å²) in [6.45, 7) is 12.2. The molecule has 0 unspecified atom stereocenters. The Hall–Kier alpha value is -7.12. The summed E-state index contributed by atoms with van der Waals surface area (Å²) in [6.07, 6.45) is 2.76. The van der Waals surface area contributed by atoms with Gasteiger partial charge in [0, 0.05) is 45.0 Å². The van der Waals surface area contributed by atoms with Crippen molar-refractivity contribution in [3.8, 4) is 0 Å². The van der Waals surface area contributed by atoms with Gasteiger partial charge in [-0.1, -0.05) is 53.2 Å². The molecule has 5 aromatic rings. The maximum Gasteiger partial charge on any atom is 0.409 e. The second-order valence-electron chi connectivity index (χ2n) is 19.6. The van der Waals surface area contributed by atoms with E-state index < -0.39 is 30.4 Å². The molecule has 3 aliphatic heterocycles. The summed E-state index contributed by atoms with van der Waals surface area (Å²) < 4.78 is 31.2. The molecule has 72 heavy (non-hydrogen) atoms. The van der Waals surface area contributed by atoms with Crippen LogP contribution in [0.3, 0.4) is 0 Å². The van der Waals surface area contributed by atoms with E-state index in [9.17, 15) is 24.0 Å². The number of unbranched alkanes of at least 4 members (excludes halogenated alkanes) is 1. The smallest absolute Gasteiger partial charge is 0.409 e. The molecule has 5 atom stereocenters. The molecule has 8 rings (SSSR count). The number of ether oxygens (including phenoxy) is 3. The number of nitrogens with zero attached hydrogens (tertiary/aromatic N) is 7. The number of hydrogen-bond acceptors (Lipinski definition) is 12. The Balaban J connectivity index is 1.13. The fourth-order valence-corrected chi connectivity index (χ4v) is 10.5. The van der Waals surface area contributed by atoms with Gasteiger partial charge >= 0.3 is 18.3 Å². The Morgan fingerprint density at radius 2 is 1.35 bits per heavy atom. The third-order valence-corrected chi connectivity index (χ3v) is 14.3. The molecule has 3 saturated heterocycles. The minimum Gasteiger partial charge on any atom is -0.453 e. The first kappa shape index (κ1) is 51.2. The Morgan fingerprint density at radius 1 is 0.736 bits per heavy atom. The summed E-state index contributed by atoms with van der Waals surface area (Å²) in [6, 6.07) is 15.3. The fraction of sp³-hybridized carbons (Fsp3) is 0.519. The van der Waals surface area contributed by atoms with Crippen LogP contribution in [-0.4, -0.2) is 133 Å². The Bertz CT molecular complexity index is 2770. The number of anilines is 3. The van der Waals surface area contributed by atoms with Gasteiger partial charge < -0.3 is 54.4 Å². The minimum atomic E-state index is -0.841. The van der Waals surface area contributed by atoms with Gasteiger partial charge in [-0.05, 0) is 97.5 Å². The number of alkyl carbamates (subject to hydrolysis) is 2. The number of rotatable bonds is 15. The zero-order chi connectivity index (χ0) is 51.4. The Labute approximate surface area is 419 Å². The summed E-state index contributed by atoms with van der Waals surface area (Å²) in [4.78, 5) is 90.9. The number of aromatic nitrogens is 4. The molecular weight excluding hydrogens is 926 g/mol. The number of methoxy groups -OCH3 is 3. The largest absolute Gasteiger partial charge is 0.453 e. The highest BCUT2D eigenvalue weighted by Crippen LogP contribution is 2.48. The number of aromatic amines is 2. The summed E-state index contributed by atoms with van der Waals surface area (Å²) in [5.74, 6) is -0.209. The molecule has 20 heteroatoms. The molecule has 4 N–H and O–H groups in total. The highest BCUT2D eigenvalue weighted by molar-refractivity contribution is 5.99. The average molecular weight is 994 g/mol. The van der Waals surface area contributed by atoms with Crippen LogP contribution in [-0.2, 0) is 23.8 Å². The van der Waals surface area contributed by atoms with Gasteiger partial charge in [0.1, 0.15) is 23.7 Å². The molecule has 0 radical (unpaired) electrons. The standard InChI is InChI=1S/C52H68FN11O8/c1-9-10-21-63(48(66)45(31(4)5)59-51(68)71-7)49-56-37-17-14-33(28-39(37)57-49)41-20-19-40(64(41)34-15-18-42(35(53)29-34)60-23-25-61(26-24-60)52(69)72-8)32-13-16-36-38(27-32)55-46(54-36)43-12-11-22-62(43)47(65)44(30(2)3)58-50(67)70-6/h13-18,27-31,40-41,43-45H,9-12,19-26H2,1-8H3,(H,54,55)(H,56,57)(H,58,67)(H,59,68)/t40-,41-,43+,44+,45+/m1/s1. The number of hydrogen-bond donors (Lipinski definition) is 4. The lowest BCUT2D eigenvalue weighted by Crippen LogP contribution is -2.52. The second-order valence-corrected chi connectivity index (χ2v) is 19.6. The van der Waals surface area contributed by atoms with Gasteiger partial charge in [-0.25, -0.2) is 28.7 Å². The van der Waals surface area contributed by atoms with Crippen molar-refractivity contribution < 1.29 is 42.6 Å². The lowest BCUT2D eigenvalue weighted by atomic mass is 10.0. The van der Waals surface area contributed by atoms with E-state index in [0.717, 1.165) is 53.4 Å². The third kappa shape index (κ3) is 10.6. The maximum atomic E-state index is 16.6. The fourth-order valence-electron chi connectivity index (χ4n) is 10.5. The van der Waals surface area contributed by atoms with Crippen LogP contribution in [0.5, 0.6) is 0 Å². The lowest BCUT2D eigenvalue weighted by molar-refractivity contribution is -0.135. The second kappa shape index (κ2) is 22.1. The highest BCUT2D eigenvalue weighted by Gasteiger charge is 2.40. The third-order valence-electron chi connectivity index (χ3n) is 14.3. The summed E-state index contributed by atoms with van der Waals surface area (Å²) in [5, 5.41) is 5.42. The number of nitrogens with one attached hydrogen (secondary N) is 4. The molecule has 0 saturated carbocycles. The predicted molar refractivity (Wildman–Crippen MR) is 271 cm³/mol. The van der Waals surface area contributed by atoms with Crippen LogP contribution in [0, 0.1) is 17.7 Å². The molecule has 3 aromatic carbocycles. The van der Waals surface area contributed by atoms with Crippen molar-refractivity contribution in [2.45, 2.75) is 103 Å². The summed E-state index contributed by atoms with van der Waals surface area (Å²) in [5.41, 5.74) is 6.07. The van der Waals surface area contributed by atoms with E-state index in [1.54, 1.807) is 20.8 Å². The molecule has 0 spiro atoms. The molecular formula is C52H68FN11O8. The van der Waals surface area contributed by atoms with Gasteiger partial charge in [0.15, 0.2) is 0 Å². The lowest BCUT2D eigenvalue weighted by Gasteiger charge is -2.36. The SMILES string of the molecule is CCCCN(C(=O)[C@@H](NC(=O)OC)C(C)C)c1nc2ccc([C@H]3CC[C@H](c4ccc5nc([C@@H]6CCCN6C(=O)[C@@H](NC(=O)OC)C(C)C)[nH]c5c4)N3c3ccc(N4CCN(C(=O)OC)CC4)c(F)c3)cc2[nH]1. The summed E-state index contributed by atoms with van der Waals surface area (Å²) in [7, 11) is 3.90. The number of benzene rings is 3. The van der Waals surface area contributed by atoms with Crippen molar-refractivity contribution in [3.05, 3.63) is 77.4 Å². The van der Waals surface area contributed by atoms with Crippen molar-refractivity contribution in [2.75, 3.05) is 75.3 Å². The highest BCUT2D eigenvalue weighted by atomic mass is 19.1. The van der Waals surface area contributed by atoms with Crippen LogP contribution >= 0.6 is 0 Å². The van der Waals surface area contributed by atoms with Gasteiger partial charge in [0.05, 0.1) is 67.2 Å². The van der Waals surface area contributed by atoms with Crippen molar-refractivity contribution in [3.63, 3.8) is 0 Å². The number of imidazole rings is 2. The summed E-state index contributed by atoms with van der Waals surface area (Å²) >= 11 is 0. The van der Waals surface area contributed by atoms with E-state index in [-0.39, 0.29) is 47.6 Å². The number of halogens is 1. The molecule has 0 bridgehead atoms. The van der Waals surface area contributed by atoms with E-state index in [1.807, 2.05) is 69.9 Å². The molecule has 5 amide bonds. The van der Waals surface area contributed by atoms with Crippen LogP contribution in [0.2, 0.25) is 0 Å². The zero-order valence-corrected chi connectivity index (χ0v) is 42.5. The van der Waals surface area contributed by atoms with Crippen LogP contribution < -0.4 is 25.3 Å². The number of carbonyl (C=O) groups is 5. The monoisotopic (exact) mass is 994 g/mol. The number of H-pyrrole nitrogens is 2. The van der Waals surface area contributed by atoms with Crippen molar-refractivity contribution in [1.29, 1.82) is 0 Å². The minimum absolute atomic E-state index is 0.168. The van der Waals surface area contributed by atoms with Crippen molar-refractivity contribution >= 4 is 69.5 Å². The topological polar surface area (TPSA) is 211 Å². The first-order valence-electron chi connectivity index (χ1n) is 25.1. The number of likely N-dealkylation sites (tertiary alicyclic amines) is 1. The predicted octanol–water partition coefficient (Wildman–Crippen LogP) is 8.11. The Morgan fingerprint density at radius 3 is 1.93 bits per heavy atom. The van der Waals surface area contributed by atoms with E-state index in [1.165, 1.54) is 21.3 Å². The van der Waals surface area contributed by atoms with Gasteiger partial charge in [-0.3, -0.25) is 14.5 Å². The average Bonchev–Trinajstić information content (AvgIpc) is 4.22. The normalized spacial score (nSPS) is 19.0. The molecule has 2 aromatic heterocycles. The molecule has 3 aliphatic rings.